The number of hydrogen-bond donors (Lipinski definition) is 1. The van der Waals surface area contributed by atoms with Gasteiger partial charge < -0.3 is 0 Å². The molecule has 0 radical (unpaired) electrons. The summed E-state index contributed by atoms with van der Waals surface area (Å²) < 4.78 is 27.6. The number of nitrogens with one attached hydrogen (secondary N) is 1. The van der Waals surface area contributed by atoms with Gasteiger partial charge in [0.05, 0.1) is 10.6 Å². The van der Waals surface area contributed by atoms with Crippen LogP contribution in [-0.2, 0) is 16.4 Å². The van der Waals surface area contributed by atoms with Crippen LogP contribution in [0, 0.1) is 6.92 Å². The third kappa shape index (κ3) is 3.24. The van der Waals surface area contributed by atoms with Gasteiger partial charge in [-0.05, 0) is 48.9 Å². The second-order valence-corrected chi connectivity index (χ2v) is 10.2. The first-order chi connectivity index (χ1) is 12.9. The van der Waals surface area contributed by atoms with E-state index >= 15 is 0 Å². The van der Waals surface area contributed by atoms with Crippen LogP contribution < -0.4 is 9.62 Å². The Labute approximate surface area is 164 Å². The molecule has 7 nitrogen and oxygen atoms in total. The number of amides is 1. The van der Waals surface area contributed by atoms with Gasteiger partial charge in [0.15, 0.2) is 0 Å². The van der Waals surface area contributed by atoms with Crippen molar-refractivity contribution in [2.24, 2.45) is 0 Å². The van der Waals surface area contributed by atoms with E-state index in [0.29, 0.717) is 17.0 Å². The van der Waals surface area contributed by atoms with Crippen molar-refractivity contribution >= 4 is 49.4 Å². The van der Waals surface area contributed by atoms with Crippen LogP contribution in [0.2, 0.25) is 0 Å². The van der Waals surface area contributed by atoms with Crippen molar-refractivity contribution in [3.8, 4) is 0 Å². The summed E-state index contributed by atoms with van der Waals surface area (Å²) in [6.07, 6.45) is 0.648. The number of nitrogens with zero attached hydrogens (tertiary/aromatic N) is 3. The Kier molecular flexibility index (Phi) is 4.49. The minimum atomic E-state index is -3.86. The van der Waals surface area contributed by atoms with Crippen molar-refractivity contribution in [2.45, 2.75) is 30.6 Å². The molecule has 4 rings (SSSR count). The van der Waals surface area contributed by atoms with Crippen LogP contribution in [0.15, 0.2) is 40.1 Å². The number of rotatable bonds is 4. The Balaban J connectivity index is 1.63. The van der Waals surface area contributed by atoms with E-state index in [1.54, 1.807) is 17.5 Å². The summed E-state index contributed by atoms with van der Waals surface area (Å²) in [6.45, 7) is 3.80. The molecular weight excluding hydrogens is 404 g/mol. The maximum Gasteiger partial charge on any atom is 0.293 e. The monoisotopic (exact) mass is 420 g/mol. The minimum absolute atomic E-state index is 0.134. The second kappa shape index (κ2) is 6.70. The van der Waals surface area contributed by atoms with Gasteiger partial charge in [-0.2, -0.15) is 8.42 Å². The number of benzene rings is 1. The summed E-state index contributed by atoms with van der Waals surface area (Å²) >= 11 is 2.15. The SMILES string of the molecule is Cc1ccc2c(c1)N(S(=O)(=O)c1nnc(NC(=O)c3cccs3)s1)C(C)C2. The van der Waals surface area contributed by atoms with Gasteiger partial charge in [0, 0.05) is 6.04 Å². The van der Waals surface area contributed by atoms with Crippen molar-refractivity contribution in [1.29, 1.82) is 0 Å². The molecule has 10 heteroatoms. The Morgan fingerprint density at radius 2 is 2.11 bits per heavy atom. The van der Waals surface area contributed by atoms with Crippen LogP contribution in [0.25, 0.3) is 0 Å². The fourth-order valence-corrected chi connectivity index (χ4v) is 6.35. The van der Waals surface area contributed by atoms with Crippen molar-refractivity contribution in [1.82, 2.24) is 10.2 Å². The first kappa shape index (κ1) is 18.1. The summed E-state index contributed by atoms with van der Waals surface area (Å²) in [5.74, 6) is -0.333. The number of sulfonamides is 1. The lowest BCUT2D eigenvalue weighted by Crippen LogP contribution is -2.35. The maximum atomic E-state index is 13.2. The topological polar surface area (TPSA) is 92.3 Å². The summed E-state index contributed by atoms with van der Waals surface area (Å²) in [5.41, 5.74) is 2.67. The number of anilines is 2. The maximum absolute atomic E-state index is 13.2. The predicted octanol–water partition coefficient (Wildman–Crippen LogP) is 3.30. The first-order valence-electron chi connectivity index (χ1n) is 8.18. The van der Waals surface area contributed by atoms with E-state index in [4.69, 9.17) is 0 Å². The summed E-state index contributed by atoms with van der Waals surface area (Å²) in [5, 5.41) is 12.2. The Hall–Kier alpha value is -2.30. The zero-order valence-corrected chi connectivity index (χ0v) is 17.0. The summed E-state index contributed by atoms with van der Waals surface area (Å²) in [6, 6.07) is 9.05. The highest BCUT2D eigenvalue weighted by molar-refractivity contribution is 7.94. The third-order valence-electron chi connectivity index (χ3n) is 4.25. The molecule has 140 valence electrons. The molecule has 27 heavy (non-hydrogen) atoms. The molecule has 2 aromatic heterocycles. The van der Waals surface area contributed by atoms with E-state index in [1.165, 1.54) is 15.6 Å². The Morgan fingerprint density at radius 3 is 2.85 bits per heavy atom. The molecule has 3 heterocycles. The van der Waals surface area contributed by atoms with Gasteiger partial charge in [-0.15, -0.1) is 21.5 Å². The van der Waals surface area contributed by atoms with E-state index in [2.05, 4.69) is 15.5 Å². The van der Waals surface area contributed by atoms with Crippen LogP contribution >= 0.6 is 22.7 Å². The molecule has 0 spiro atoms. The standard InChI is InChI=1S/C17H16N4O3S3/c1-10-5-6-12-9-11(2)21(13(12)8-10)27(23,24)17-20-19-16(26-17)18-15(22)14-4-3-7-25-14/h3-8,11H,9H2,1-2H3,(H,18,19,22). The lowest BCUT2D eigenvalue weighted by atomic mass is 10.1. The number of aromatic nitrogens is 2. The number of fused-ring (bicyclic) bond motifs is 1. The molecule has 1 atom stereocenters. The molecule has 0 aliphatic carbocycles. The fraction of sp³-hybridized carbons (Fsp3) is 0.235. The molecule has 1 aliphatic heterocycles. The Bertz CT molecular complexity index is 1110. The molecule has 1 amide bonds. The molecule has 0 saturated carbocycles. The normalized spacial score (nSPS) is 16.4. The van der Waals surface area contributed by atoms with E-state index in [-0.39, 0.29) is 21.4 Å². The Morgan fingerprint density at radius 1 is 1.30 bits per heavy atom. The number of aryl methyl sites for hydroxylation is 1. The molecule has 0 fully saturated rings. The highest BCUT2D eigenvalue weighted by atomic mass is 32.2. The summed E-state index contributed by atoms with van der Waals surface area (Å²) in [4.78, 5) is 12.6. The van der Waals surface area contributed by atoms with Crippen molar-refractivity contribution in [2.75, 3.05) is 9.62 Å². The molecule has 1 aliphatic rings. The highest BCUT2D eigenvalue weighted by Gasteiger charge is 2.38. The van der Waals surface area contributed by atoms with Crippen LogP contribution in [0.5, 0.6) is 0 Å². The molecule has 1 aromatic carbocycles. The zero-order chi connectivity index (χ0) is 19.2. The van der Waals surface area contributed by atoms with Gasteiger partial charge in [0.1, 0.15) is 0 Å². The van der Waals surface area contributed by atoms with Crippen LogP contribution in [0.4, 0.5) is 10.8 Å². The average molecular weight is 421 g/mol. The lowest BCUT2D eigenvalue weighted by molar-refractivity contribution is 0.103. The van der Waals surface area contributed by atoms with Crippen molar-refractivity contribution < 1.29 is 13.2 Å². The summed E-state index contributed by atoms with van der Waals surface area (Å²) in [7, 11) is -3.86. The molecular formula is C17H16N4O3S3. The van der Waals surface area contributed by atoms with Gasteiger partial charge in [0.2, 0.25) is 5.13 Å². The van der Waals surface area contributed by atoms with Crippen molar-refractivity contribution in [3.63, 3.8) is 0 Å². The second-order valence-electron chi connectivity index (χ2n) is 6.29. The molecule has 0 saturated heterocycles. The van der Waals surface area contributed by atoms with Crippen LogP contribution in [0.3, 0.4) is 0 Å². The van der Waals surface area contributed by atoms with E-state index in [9.17, 15) is 13.2 Å². The van der Waals surface area contributed by atoms with Gasteiger partial charge in [-0.25, -0.2) is 0 Å². The van der Waals surface area contributed by atoms with Gasteiger partial charge in [0.25, 0.3) is 20.3 Å². The smallest absolute Gasteiger partial charge is 0.293 e. The number of carbonyl (C=O) groups excluding carboxylic acids is 1. The third-order valence-corrected chi connectivity index (χ3v) is 8.23. The molecule has 1 N–H and O–H groups in total. The number of thiophene rings is 1. The molecule has 1 unspecified atom stereocenters. The van der Waals surface area contributed by atoms with Gasteiger partial charge in [-0.1, -0.05) is 29.5 Å². The predicted molar refractivity (Wildman–Crippen MR) is 106 cm³/mol. The van der Waals surface area contributed by atoms with Gasteiger partial charge >= 0.3 is 0 Å². The van der Waals surface area contributed by atoms with Crippen LogP contribution in [-0.4, -0.2) is 30.6 Å². The van der Waals surface area contributed by atoms with Crippen LogP contribution in [0.1, 0.15) is 27.7 Å². The molecule has 3 aromatic rings. The van der Waals surface area contributed by atoms with E-state index in [1.807, 2.05) is 32.0 Å². The minimum Gasteiger partial charge on any atom is -0.296 e. The highest BCUT2D eigenvalue weighted by Crippen LogP contribution is 2.38. The van der Waals surface area contributed by atoms with E-state index in [0.717, 1.165) is 22.5 Å². The average Bonchev–Trinajstić information content (AvgIpc) is 3.33. The first-order valence-corrected chi connectivity index (χ1v) is 11.3. The zero-order valence-electron chi connectivity index (χ0n) is 14.5. The lowest BCUT2D eigenvalue weighted by Gasteiger charge is -2.22. The van der Waals surface area contributed by atoms with E-state index < -0.39 is 10.0 Å². The number of carbonyl (C=O) groups is 1. The molecule has 0 bridgehead atoms. The van der Waals surface area contributed by atoms with Gasteiger partial charge in [-0.3, -0.25) is 14.4 Å². The quantitative estimate of drug-likeness (QED) is 0.654. The number of hydrogen-bond acceptors (Lipinski definition) is 7. The van der Waals surface area contributed by atoms with Crippen molar-refractivity contribution in [3.05, 3.63) is 51.7 Å². The largest absolute Gasteiger partial charge is 0.296 e. The fourth-order valence-electron chi connectivity index (χ4n) is 3.07.